The third kappa shape index (κ3) is 3.95. The number of hydrogen-bond acceptors (Lipinski definition) is 4. The molecule has 0 aliphatic carbocycles. The van der Waals surface area contributed by atoms with Gasteiger partial charge in [-0.1, -0.05) is 13.8 Å². The van der Waals surface area contributed by atoms with E-state index in [2.05, 4.69) is 19.2 Å². The average molecular weight is 306 g/mol. The van der Waals surface area contributed by atoms with Gasteiger partial charge in [-0.05, 0) is 19.1 Å². The largest absolute Gasteiger partial charge is 0.480 e. The summed E-state index contributed by atoms with van der Waals surface area (Å²) in [6, 6.07) is -0.963. The Labute approximate surface area is 122 Å². The Balaban J connectivity index is 2.57. The fourth-order valence-corrected chi connectivity index (χ4v) is 3.99. The lowest BCUT2D eigenvalue weighted by molar-refractivity contribution is -0.140. The van der Waals surface area contributed by atoms with E-state index in [0.29, 0.717) is 18.2 Å². The maximum atomic E-state index is 12.1. The fourth-order valence-electron chi connectivity index (χ4n) is 2.05. The number of amides is 2. The van der Waals surface area contributed by atoms with Gasteiger partial charge >= 0.3 is 12.0 Å². The van der Waals surface area contributed by atoms with Gasteiger partial charge in [-0.3, -0.25) is 0 Å². The normalized spacial score (nSPS) is 19.5. The van der Waals surface area contributed by atoms with Gasteiger partial charge in [-0.2, -0.15) is 11.8 Å². The van der Waals surface area contributed by atoms with Gasteiger partial charge in [0, 0.05) is 17.0 Å². The Morgan fingerprint density at radius 2 is 2.11 bits per heavy atom. The van der Waals surface area contributed by atoms with Crippen molar-refractivity contribution in [1.82, 2.24) is 10.2 Å². The van der Waals surface area contributed by atoms with Crippen LogP contribution in [-0.2, 0) is 4.79 Å². The molecule has 1 aliphatic heterocycles. The first-order chi connectivity index (χ1) is 8.99. The predicted octanol–water partition coefficient (Wildman–Crippen LogP) is 2.08. The van der Waals surface area contributed by atoms with E-state index in [0.717, 1.165) is 12.8 Å². The van der Waals surface area contributed by atoms with Crippen LogP contribution in [0.2, 0.25) is 0 Å². The minimum atomic E-state index is -0.928. The molecule has 1 atom stereocenters. The molecule has 1 aliphatic rings. The second-order valence-corrected chi connectivity index (χ2v) is 6.85. The minimum absolute atomic E-state index is 0.0429. The van der Waals surface area contributed by atoms with Crippen molar-refractivity contribution in [1.29, 1.82) is 0 Å². The van der Waals surface area contributed by atoms with Crippen LogP contribution >= 0.6 is 23.5 Å². The Morgan fingerprint density at radius 3 is 2.58 bits per heavy atom. The molecule has 0 aromatic heterocycles. The summed E-state index contributed by atoms with van der Waals surface area (Å²) in [5.74, 6) is -0.00654. The second-order valence-electron chi connectivity index (χ2n) is 4.58. The summed E-state index contributed by atoms with van der Waals surface area (Å²) in [6.07, 6.45) is 4.00. The summed E-state index contributed by atoms with van der Waals surface area (Å²) in [4.78, 5) is 24.5. The van der Waals surface area contributed by atoms with Crippen LogP contribution in [0.25, 0.3) is 0 Å². The number of carbonyl (C=O) groups excluding carboxylic acids is 1. The summed E-state index contributed by atoms with van der Waals surface area (Å²) in [5, 5.41) is 12.0. The lowest BCUT2D eigenvalue weighted by Gasteiger charge is -2.31. The highest BCUT2D eigenvalue weighted by Gasteiger charge is 2.35. The third-order valence-corrected chi connectivity index (χ3v) is 6.31. The van der Waals surface area contributed by atoms with E-state index in [9.17, 15) is 9.59 Å². The van der Waals surface area contributed by atoms with E-state index in [4.69, 9.17) is 5.11 Å². The molecular formula is C12H22N2O3S2. The molecule has 1 unspecified atom stereocenters. The van der Waals surface area contributed by atoms with Crippen molar-refractivity contribution in [2.24, 2.45) is 0 Å². The number of carbonyl (C=O) groups is 2. The van der Waals surface area contributed by atoms with Crippen LogP contribution < -0.4 is 5.32 Å². The maximum absolute atomic E-state index is 12.1. The third-order valence-electron chi connectivity index (χ3n) is 3.71. The first-order valence-electron chi connectivity index (χ1n) is 6.39. The van der Waals surface area contributed by atoms with Crippen molar-refractivity contribution in [3.63, 3.8) is 0 Å². The summed E-state index contributed by atoms with van der Waals surface area (Å²) in [6.45, 7) is 4.79. The lowest BCUT2D eigenvalue weighted by atomic mass is 10.0. The van der Waals surface area contributed by atoms with E-state index in [1.165, 1.54) is 16.7 Å². The number of carboxylic acids is 1. The van der Waals surface area contributed by atoms with Crippen LogP contribution in [0.3, 0.4) is 0 Å². The Hall–Kier alpha value is -0.560. The van der Waals surface area contributed by atoms with Crippen LogP contribution in [0.1, 0.15) is 26.7 Å². The topological polar surface area (TPSA) is 69.6 Å². The van der Waals surface area contributed by atoms with Crippen molar-refractivity contribution in [2.75, 3.05) is 24.4 Å². The number of nitrogens with one attached hydrogen (secondary N) is 1. The Bertz CT molecular complexity index is 327. The molecule has 2 N–H and O–H groups in total. The maximum Gasteiger partial charge on any atom is 0.327 e. The monoisotopic (exact) mass is 306 g/mol. The fraction of sp³-hybridized carbons (Fsp3) is 0.833. The molecular weight excluding hydrogens is 284 g/mol. The molecule has 0 aromatic rings. The molecule has 0 bridgehead atoms. The standard InChI is InChI=1S/C12H22N2O3S2/c1-4-12(5-2,18-3)7-13-11(17)14-8-19-6-9(14)10(15)16/h9H,4-8H2,1-3H3,(H,13,17)(H,15,16). The molecule has 0 aromatic carbocycles. The van der Waals surface area contributed by atoms with Gasteiger partial charge in [0.25, 0.3) is 0 Å². The number of carboxylic acid groups (broad SMARTS) is 1. The number of rotatable bonds is 6. The van der Waals surface area contributed by atoms with E-state index in [1.54, 1.807) is 11.8 Å². The van der Waals surface area contributed by atoms with Crippen molar-refractivity contribution < 1.29 is 14.7 Å². The summed E-state index contributed by atoms with van der Waals surface area (Å²) in [7, 11) is 0. The van der Waals surface area contributed by atoms with Crippen molar-refractivity contribution >= 4 is 35.5 Å². The predicted molar refractivity (Wildman–Crippen MR) is 80.8 cm³/mol. The molecule has 1 rings (SSSR count). The zero-order chi connectivity index (χ0) is 14.5. The van der Waals surface area contributed by atoms with Gasteiger partial charge in [-0.15, -0.1) is 11.8 Å². The number of nitrogens with zero attached hydrogens (tertiary/aromatic N) is 1. The van der Waals surface area contributed by atoms with Gasteiger partial charge in [0.05, 0.1) is 5.88 Å². The second kappa shape index (κ2) is 7.28. The van der Waals surface area contributed by atoms with Gasteiger partial charge in [0.1, 0.15) is 6.04 Å². The molecule has 0 spiro atoms. The van der Waals surface area contributed by atoms with E-state index < -0.39 is 12.0 Å². The van der Waals surface area contributed by atoms with Crippen LogP contribution in [0, 0.1) is 0 Å². The highest BCUT2D eigenvalue weighted by Crippen LogP contribution is 2.29. The SMILES string of the molecule is CCC(CC)(CNC(=O)N1CSCC1C(=O)O)SC. The van der Waals surface area contributed by atoms with Crippen LogP contribution in [0.5, 0.6) is 0 Å². The van der Waals surface area contributed by atoms with Crippen molar-refractivity contribution in [3.05, 3.63) is 0 Å². The molecule has 0 saturated carbocycles. The van der Waals surface area contributed by atoms with Crippen LogP contribution in [-0.4, -0.2) is 57.2 Å². The molecule has 19 heavy (non-hydrogen) atoms. The van der Waals surface area contributed by atoms with Crippen molar-refractivity contribution in [2.45, 2.75) is 37.5 Å². The summed E-state index contributed by atoms with van der Waals surface area (Å²) in [5.41, 5.74) is 0. The van der Waals surface area contributed by atoms with Gasteiger partial charge in [0.15, 0.2) is 0 Å². The van der Waals surface area contributed by atoms with E-state index in [-0.39, 0.29) is 10.8 Å². The van der Waals surface area contributed by atoms with E-state index in [1.807, 2.05) is 6.26 Å². The lowest BCUT2D eigenvalue weighted by Crippen LogP contribution is -2.50. The zero-order valence-electron chi connectivity index (χ0n) is 11.6. The van der Waals surface area contributed by atoms with Crippen LogP contribution in [0.4, 0.5) is 4.79 Å². The summed E-state index contributed by atoms with van der Waals surface area (Å²) >= 11 is 3.23. The molecule has 0 radical (unpaired) electrons. The molecule has 110 valence electrons. The average Bonchev–Trinajstić information content (AvgIpc) is 2.90. The highest BCUT2D eigenvalue weighted by molar-refractivity contribution is 8.00. The molecule has 7 heteroatoms. The molecule has 1 heterocycles. The molecule has 1 saturated heterocycles. The smallest absolute Gasteiger partial charge is 0.327 e. The number of thioether (sulfide) groups is 2. The molecule has 1 fully saturated rings. The van der Waals surface area contributed by atoms with E-state index >= 15 is 0 Å². The van der Waals surface area contributed by atoms with Crippen LogP contribution in [0.15, 0.2) is 0 Å². The Kier molecular flexibility index (Phi) is 6.32. The highest BCUT2D eigenvalue weighted by atomic mass is 32.2. The number of urea groups is 1. The minimum Gasteiger partial charge on any atom is -0.480 e. The number of aliphatic carboxylic acids is 1. The first kappa shape index (κ1) is 16.5. The zero-order valence-corrected chi connectivity index (χ0v) is 13.3. The molecule has 2 amide bonds. The quantitative estimate of drug-likeness (QED) is 0.786. The van der Waals surface area contributed by atoms with Gasteiger partial charge < -0.3 is 15.3 Å². The Morgan fingerprint density at radius 1 is 1.47 bits per heavy atom. The summed E-state index contributed by atoms with van der Waals surface area (Å²) < 4.78 is 0.0429. The molecule has 5 nitrogen and oxygen atoms in total. The van der Waals surface area contributed by atoms with Gasteiger partial charge in [0.2, 0.25) is 0 Å². The van der Waals surface area contributed by atoms with Crippen molar-refractivity contribution in [3.8, 4) is 0 Å². The van der Waals surface area contributed by atoms with Gasteiger partial charge in [-0.25, -0.2) is 9.59 Å². The number of hydrogen-bond donors (Lipinski definition) is 2. The first-order valence-corrected chi connectivity index (χ1v) is 8.77.